The smallest absolute Gasteiger partial charge is 0.0485 e. The quantitative estimate of drug-likeness (QED) is 0.432. The number of likely N-dealkylation sites (N-methyl/N-ethyl adjacent to an activating group) is 1. The Morgan fingerprint density at radius 2 is 1.82 bits per heavy atom. The summed E-state index contributed by atoms with van der Waals surface area (Å²) in [4.78, 5) is 1.21. The zero-order chi connectivity index (χ0) is 20.4. The third-order valence-corrected chi connectivity index (χ3v) is 5.76. The normalized spacial score (nSPS) is 10.7. The zero-order valence-electron chi connectivity index (χ0n) is 17.2. The minimum Gasteiger partial charge on any atom is -0.391 e. The van der Waals surface area contributed by atoms with Gasteiger partial charge in [-0.15, -0.1) is 0 Å². The van der Waals surface area contributed by atoms with Gasteiger partial charge in [-0.25, -0.2) is 4.31 Å². The molecule has 0 atom stereocenters. The Morgan fingerprint density at radius 3 is 2.50 bits per heavy atom. The Kier molecular flexibility index (Phi) is 9.12. The second-order valence-electron chi connectivity index (χ2n) is 6.78. The van der Waals surface area contributed by atoms with Crippen LogP contribution in [0, 0.1) is 0 Å². The third kappa shape index (κ3) is 6.74. The van der Waals surface area contributed by atoms with Crippen LogP contribution in [0.1, 0.15) is 35.6 Å². The summed E-state index contributed by atoms with van der Waals surface area (Å²) in [5.74, 6) is 0. The summed E-state index contributed by atoms with van der Waals surface area (Å²) < 4.78 is 2.37. The van der Waals surface area contributed by atoms with E-state index in [2.05, 4.69) is 78.7 Å². The average Bonchev–Trinajstić information content (AvgIpc) is 2.73. The van der Waals surface area contributed by atoms with Crippen molar-refractivity contribution in [2.45, 2.75) is 31.1 Å². The first-order chi connectivity index (χ1) is 13.6. The molecule has 0 aliphatic heterocycles. The van der Waals surface area contributed by atoms with Crippen molar-refractivity contribution in [3.8, 4) is 0 Å². The van der Waals surface area contributed by atoms with E-state index in [1.165, 1.54) is 16.0 Å². The van der Waals surface area contributed by atoms with E-state index in [0.29, 0.717) is 0 Å². The molecule has 0 spiro atoms. The van der Waals surface area contributed by atoms with Crippen LogP contribution >= 0.6 is 11.9 Å². The van der Waals surface area contributed by atoms with Crippen molar-refractivity contribution in [1.29, 1.82) is 0 Å². The highest BCUT2D eigenvalue weighted by atomic mass is 32.2. The molecule has 2 aromatic rings. The average molecular weight is 393 g/mol. The number of hydrogen-bond donors (Lipinski definition) is 1. The highest BCUT2D eigenvalue weighted by molar-refractivity contribution is 7.97. The van der Waals surface area contributed by atoms with Crippen molar-refractivity contribution >= 4 is 24.1 Å². The van der Waals surface area contributed by atoms with Crippen LogP contribution in [-0.2, 0) is 12.8 Å². The molecule has 2 nitrogen and oxygen atoms in total. The van der Waals surface area contributed by atoms with Gasteiger partial charge in [0.1, 0.15) is 0 Å². The second kappa shape index (κ2) is 11.6. The summed E-state index contributed by atoms with van der Waals surface area (Å²) in [6, 6.07) is 15.4. The molecule has 3 heteroatoms. The van der Waals surface area contributed by atoms with E-state index in [4.69, 9.17) is 0 Å². The van der Waals surface area contributed by atoms with Crippen molar-refractivity contribution in [2.24, 2.45) is 0 Å². The summed E-state index contributed by atoms with van der Waals surface area (Å²) >= 11 is 1.77. The molecule has 2 rings (SSSR count). The van der Waals surface area contributed by atoms with Gasteiger partial charge >= 0.3 is 0 Å². The minimum atomic E-state index is 0.808. The van der Waals surface area contributed by atoms with Crippen LogP contribution in [0.15, 0.2) is 72.8 Å². The maximum Gasteiger partial charge on any atom is 0.0485 e. The first-order valence-electron chi connectivity index (χ1n) is 9.84. The van der Waals surface area contributed by atoms with Crippen LogP contribution in [-0.4, -0.2) is 24.4 Å². The number of rotatable bonds is 12. The van der Waals surface area contributed by atoms with Gasteiger partial charge in [-0.3, -0.25) is 0 Å². The SMILES string of the molecule is C=Cc1ccc(SN(CCCc2cccc(CC)c2)CC(=C)NC)cc1C=C. The van der Waals surface area contributed by atoms with Gasteiger partial charge in [-0.1, -0.05) is 69.1 Å². The molecule has 0 unspecified atom stereocenters. The van der Waals surface area contributed by atoms with Gasteiger partial charge in [0.15, 0.2) is 0 Å². The molecule has 0 aliphatic rings. The monoisotopic (exact) mass is 392 g/mol. The molecule has 0 aliphatic carbocycles. The highest BCUT2D eigenvalue weighted by Gasteiger charge is 2.10. The predicted octanol–water partition coefficient (Wildman–Crippen LogP) is 6.21. The molecule has 0 bridgehead atoms. The fourth-order valence-corrected chi connectivity index (χ4v) is 4.08. The molecule has 0 saturated carbocycles. The number of nitrogens with one attached hydrogen (secondary N) is 1. The maximum atomic E-state index is 4.11. The summed E-state index contributed by atoms with van der Waals surface area (Å²) in [6.45, 7) is 15.9. The Labute approximate surface area is 175 Å². The molecule has 0 aromatic heterocycles. The minimum absolute atomic E-state index is 0.808. The number of hydrogen-bond acceptors (Lipinski definition) is 3. The van der Waals surface area contributed by atoms with E-state index in [1.54, 1.807) is 11.9 Å². The lowest BCUT2D eigenvalue weighted by Gasteiger charge is -2.22. The molecule has 1 N–H and O–H groups in total. The summed E-state index contributed by atoms with van der Waals surface area (Å²) in [5.41, 5.74) is 6.07. The van der Waals surface area contributed by atoms with Gasteiger partial charge in [0, 0.05) is 30.7 Å². The fourth-order valence-electron chi connectivity index (χ4n) is 3.03. The second-order valence-corrected chi connectivity index (χ2v) is 7.95. The zero-order valence-corrected chi connectivity index (χ0v) is 18.0. The van der Waals surface area contributed by atoms with Crippen LogP contribution in [0.4, 0.5) is 0 Å². The van der Waals surface area contributed by atoms with E-state index >= 15 is 0 Å². The maximum absolute atomic E-state index is 4.11. The largest absolute Gasteiger partial charge is 0.391 e. The lowest BCUT2D eigenvalue weighted by molar-refractivity contribution is 0.483. The van der Waals surface area contributed by atoms with Gasteiger partial charge in [0.25, 0.3) is 0 Å². The van der Waals surface area contributed by atoms with E-state index in [-0.39, 0.29) is 0 Å². The summed E-state index contributed by atoms with van der Waals surface area (Å²) in [6.07, 6.45) is 7.04. The van der Waals surface area contributed by atoms with E-state index in [1.807, 2.05) is 19.2 Å². The van der Waals surface area contributed by atoms with Gasteiger partial charge in [-0.05, 0) is 65.6 Å². The van der Waals surface area contributed by atoms with Crippen LogP contribution in [0.2, 0.25) is 0 Å². The van der Waals surface area contributed by atoms with E-state index < -0.39 is 0 Å². The molecule has 0 fully saturated rings. The Hall–Kier alpha value is -2.23. The Balaban J connectivity index is 2.03. The van der Waals surface area contributed by atoms with E-state index in [9.17, 15) is 0 Å². The molecule has 28 heavy (non-hydrogen) atoms. The fraction of sp³-hybridized carbons (Fsp3) is 0.280. The number of benzene rings is 2. The first kappa shape index (κ1) is 22.1. The van der Waals surface area contributed by atoms with Gasteiger partial charge in [0.05, 0.1) is 0 Å². The van der Waals surface area contributed by atoms with Crippen molar-refractivity contribution in [3.05, 3.63) is 90.2 Å². The number of aryl methyl sites for hydroxylation is 2. The van der Waals surface area contributed by atoms with Crippen molar-refractivity contribution < 1.29 is 0 Å². The van der Waals surface area contributed by atoms with Crippen molar-refractivity contribution in [1.82, 2.24) is 9.62 Å². The first-order valence-corrected chi connectivity index (χ1v) is 10.6. The summed E-state index contributed by atoms with van der Waals surface area (Å²) in [7, 11) is 1.93. The number of nitrogens with zero attached hydrogens (tertiary/aromatic N) is 1. The van der Waals surface area contributed by atoms with Crippen LogP contribution in [0.25, 0.3) is 12.2 Å². The highest BCUT2D eigenvalue weighted by Crippen LogP contribution is 2.27. The Morgan fingerprint density at radius 1 is 1.07 bits per heavy atom. The molecular formula is C25H32N2S. The molecule has 0 saturated heterocycles. The molecule has 0 radical (unpaired) electrons. The third-order valence-electron chi connectivity index (χ3n) is 4.73. The van der Waals surface area contributed by atoms with Crippen LogP contribution in [0.3, 0.4) is 0 Å². The molecule has 0 amide bonds. The van der Waals surface area contributed by atoms with Gasteiger partial charge in [0.2, 0.25) is 0 Å². The van der Waals surface area contributed by atoms with Crippen LogP contribution in [0.5, 0.6) is 0 Å². The molecular weight excluding hydrogens is 360 g/mol. The lowest BCUT2D eigenvalue weighted by atomic mass is 10.1. The van der Waals surface area contributed by atoms with Crippen molar-refractivity contribution in [3.63, 3.8) is 0 Å². The van der Waals surface area contributed by atoms with Gasteiger partial charge in [-0.2, -0.15) is 0 Å². The Bertz CT molecular complexity index is 810. The van der Waals surface area contributed by atoms with Crippen molar-refractivity contribution in [2.75, 3.05) is 20.1 Å². The van der Waals surface area contributed by atoms with Gasteiger partial charge < -0.3 is 5.32 Å². The molecule has 148 valence electrons. The molecule has 2 aromatic carbocycles. The standard InChI is InChI=1S/C25H32N2S/c1-6-21-11-9-12-22(17-21)13-10-16-27(19-20(4)26-5)28-25-15-14-23(7-2)24(8-3)18-25/h7-9,11-12,14-15,17-18,26H,2-4,6,10,13,16,19H2,1,5H3. The predicted molar refractivity (Wildman–Crippen MR) is 126 cm³/mol. The topological polar surface area (TPSA) is 15.3 Å². The van der Waals surface area contributed by atoms with E-state index in [0.717, 1.165) is 49.2 Å². The summed E-state index contributed by atoms with van der Waals surface area (Å²) in [5, 5.41) is 3.17. The lowest BCUT2D eigenvalue weighted by Crippen LogP contribution is -2.24. The molecule has 0 heterocycles. The van der Waals surface area contributed by atoms with Crippen LogP contribution < -0.4 is 5.32 Å².